The number of anilines is 1. The predicted molar refractivity (Wildman–Crippen MR) is 60.2 cm³/mol. The largest absolute Gasteiger partial charge is 0.393 e. The van der Waals surface area contributed by atoms with Crippen LogP contribution in [-0.4, -0.2) is 34.9 Å². The maximum Gasteiger partial charge on any atom is 0.313 e. The smallest absolute Gasteiger partial charge is 0.313 e. The fourth-order valence-corrected chi connectivity index (χ4v) is 2.14. The minimum Gasteiger partial charge on any atom is -0.393 e. The number of nitro groups is 1. The molecule has 6 heteroatoms. The molecule has 0 radical (unpaired) electrons. The summed E-state index contributed by atoms with van der Waals surface area (Å²) in [5, 5.41) is 11.0. The summed E-state index contributed by atoms with van der Waals surface area (Å²) in [6, 6.07) is 1.47. The van der Waals surface area contributed by atoms with E-state index in [4.69, 9.17) is 5.73 Å². The Kier molecular flexibility index (Phi) is 2.74. The molecule has 2 heterocycles. The molecule has 2 N–H and O–H groups in total. The number of hydrogen-bond acceptors (Lipinski definition) is 5. The lowest BCUT2D eigenvalue weighted by atomic mass is 10.0. The van der Waals surface area contributed by atoms with Gasteiger partial charge in [-0.05, 0) is 26.1 Å². The van der Waals surface area contributed by atoms with Crippen molar-refractivity contribution >= 4 is 11.4 Å². The maximum absolute atomic E-state index is 11.0. The van der Waals surface area contributed by atoms with E-state index in [2.05, 4.69) is 9.88 Å². The van der Waals surface area contributed by atoms with E-state index in [1.165, 1.54) is 12.3 Å². The number of likely N-dealkylation sites (N-methyl/N-ethyl adjacent to an activating group) is 1. The molecule has 6 nitrogen and oxygen atoms in total. The highest BCUT2D eigenvalue weighted by atomic mass is 16.6. The van der Waals surface area contributed by atoms with Crippen LogP contribution in [0.3, 0.4) is 0 Å². The van der Waals surface area contributed by atoms with Gasteiger partial charge in [-0.1, -0.05) is 0 Å². The molecule has 1 fully saturated rings. The van der Waals surface area contributed by atoms with E-state index in [-0.39, 0.29) is 17.3 Å². The van der Waals surface area contributed by atoms with Gasteiger partial charge in [0.2, 0.25) is 0 Å². The summed E-state index contributed by atoms with van der Waals surface area (Å²) in [7, 11) is 2.00. The van der Waals surface area contributed by atoms with Gasteiger partial charge in [0.25, 0.3) is 0 Å². The van der Waals surface area contributed by atoms with Crippen LogP contribution in [0.2, 0.25) is 0 Å². The van der Waals surface area contributed by atoms with Crippen molar-refractivity contribution in [3.63, 3.8) is 0 Å². The van der Waals surface area contributed by atoms with Crippen molar-refractivity contribution in [3.05, 3.63) is 28.1 Å². The van der Waals surface area contributed by atoms with Crippen LogP contribution in [0.15, 0.2) is 12.3 Å². The molecule has 0 saturated carbocycles. The Morgan fingerprint density at radius 3 is 3.00 bits per heavy atom. The summed E-state index contributed by atoms with van der Waals surface area (Å²) >= 11 is 0. The van der Waals surface area contributed by atoms with Crippen LogP contribution in [0.1, 0.15) is 18.0 Å². The molecule has 0 spiro atoms. The van der Waals surface area contributed by atoms with Crippen LogP contribution < -0.4 is 5.73 Å². The van der Waals surface area contributed by atoms with E-state index >= 15 is 0 Å². The van der Waals surface area contributed by atoms with Gasteiger partial charge in [0.1, 0.15) is 11.4 Å². The number of nitrogens with zero attached hydrogens (tertiary/aromatic N) is 3. The summed E-state index contributed by atoms with van der Waals surface area (Å²) in [6.07, 6.45) is 2.43. The monoisotopic (exact) mass is 222 g/mol. The number of pyridine rings is 1. The van der Waals surface area contributed by atoms with Gasteiger partial charge >= 0.3 is 5.69 Å². The first kappa shape index (κ1) is 10.8. The third-order valence-electron chi connectivity index (χ3n) is 2.94. The SMILES string of the molecule is CN1CCC(c2nccc(N)c2[N+](=O)[O-])C1. The minimum atomic E-state index is -0.435. The van der Waals surface area contributed by atoms with E-state index < -0.39 is 4.92 Å². The van der Waals surface area contributed by atoms with Gasteiger partial charge in [-0.3, -0.25) is 15.1 Å². The molecule has 0 aromatic carbocycles. The number of nitrogens with two attached hydrogens (primary N) is 1. The molecule has 1 aromatic rings. The second-order valence-electron chi connectivity index (χ2n) is 4.14. The second-order valence-corrected chi connectivity index (χ2v) is 4.14. The van der Waals surface area contributed by atoms with Gasteiger partial charge in [0.15, 0.2) is 0 Å². The molecular formula is C10H14N4O2. The summed E-state index contributed by atoms with van der Waals surface area (Å²) in [5.74, 6) is 0.119. The average molecular weight is 222 g/mol. The Balaban J connectivity index is 2.40. The van der Waals surface area contributed by atoms with Crippen LogP contribution in [0.5, 0.6) is 0 Å². The van der Waals surface area contributed by atoms with Gasteiger partial charge in [0, 0.05) is 18.7 Å². The number of likely N-dealkylation sites (tertiary alicyclic amines) is 1. The van der Waals surface area contributed by atoms with E-state index in [0.29, 0.717) is 5.69 Å². The molecule has 0 amide bonds. The average Bonchev–Trinajstić information content (AvgIpc) is 2.63. The lowest BCUT2D eigenvalue weighted by Gasteiger charge is -2.10. The fraction of sp³-hybridized carbons (Fsp3) is 0.500. The molecule has 16 heavy (non-hydrogen) atoms. The van der Waals surface area contributed by atoms with E-state index in [0.717, 1.165) is 19.5 Å². The summed E-state index contributed by atoms with van der Waals surface area (Å²) in [6.45, 7) is 1.75. The zero-order chi connectivity index (χ0) is 11.7. The lowest BCUT2D eigenvalue weighted by Crippen LogP contribution is -2.14. The molecule has 1 atom stereocenters. The maximum atomic E-state index is 11.0. The summed E-state index contributed by atoms with van der Waals surface area (Å²) < 4.78 is 0. The summed E-state index contributed by atoms with van der Waals surface area (Å²) in [4.78, 5) is 16.8. The first-order chi connectivity index (χ1) is 7.59. The Labute approximate surface area is 93.2 Å². The topological polar surface area (TPSA) is 85.3 Å². The van der Waals surface area contributed by atoms with Gasteiger partial charge in [-0.2, -0.15) is 0 Å². The number of rotatable bonds is 2. The van der Waals surface area contributed by atoms with Crippen molar-refractivity contribution < 1.29 is 4.92 Å². The zero-order valence-corrected chi connectivity index (χ0v) is 9.09. The number of aromatic nitrogens is 1. The normalized spacial score (nSPS) is 21.2. The van der Waals surface area contributed by atoms with Crippen LogP contribution in [-0.2, 0) is 0 Å². The van der Waals surface area contributed by atoms with Crippen molar-refractivity contribution in [1.82, 2.24) is 9.88 Å². The molecule has 0 aliphatic carbocycles. The molecule has 1 saturated heterocycles. The second kappa shape index (κ2) is 4.05. The van der Waals surface area contributed by atoms with Gasteiger partial charge < -0.3 is 10.6 Å². The summed E-state index contributed by atoms with van der Waals surface area (Å²) in [5.41, 5.74) is 6.33. The van der Waals surface area contributed by atoms with Crippen molar-refractivity contribution in [2.45, 2.75) is 12.3 Å². The highest BCUT2D eigenvalue weighted by molar-refractivity contribution is 5.60. The van der Waals surface area contributed by atoms with Crippen LogP contribution >= 0.6 is 0 Å². The third kappa shape index (κ3) is 1.83. The van der Waals surface area contributed by atoms with Crippen LogP contribution in [0.25, 0.3) is 0 Å². The number of nitrogen functional groups attached to an aromatic ring is 1. The van der Waals surface area contributed by atoms with Crippen molar-refractivity contribution in [2.75, 3.05) is 25.9 Å². The standard InChI is InChI=1S/C10H14N4O2/c1-13-5-3-7(6-13)9-10(14(15)16)8(11)2-4-12-9/h2,4,7H,3,5-6H2,1H3,(H2,11,12). The minimum absolute atomic E-state index is 0.0252. The van der Waals surface area contributed by atoms with Crippen molar-refractivity contribution in [1.29, 1.82) is 0 Å². The van der Waals surface area contributed by atoms with E-state index in [1.807, 2.05) is 7.05 Å². The third-order valence-corrected chi connectivity index (χ3v) is 2.94. The fourth-order valence-electron chi connectivity index (χ4n) is 2.14. The molecule has 0 bridgehead atoms. The van der Waals surface area contributed by atoms with E-state index in [9.17, 15) is 10.1 Å². The van der Waals surface area contributed by atoms with Gasteiger partial charge in [-0.15, -0.1) is 0 Å². The Bertz CT molecular complexity index is 421. The number of hydrogen-bond donors (Lipinski definition) is 1. The molecule has 1 aliphatic rings. The van der Waals surface area contributed by atoms with E-state index in [1.54, 1.807) is 0 Å². The van der Waals surface area contributed by atoms with Crippen LogP contribution in [0.4, 0.5) is 11.4 Å². The Hall–Kier alpha value is -1.69. The molecule has 1 unspecified atom stereocenters. The highest BCUT2D eigenvalue weighted by Gasteiger charge is 2.30. The zero-order valence-electron chi connectivity index (χ0n) is 9.09. The predicted octanol–water partition coefficient (Wildman–Crippen LogP) is 0.991. The molecule has 86 valence electrons. The van der Waals surface area contributed by atoms with Crippen LogP contribution in [0, 0.1) is 10.1 Å². The first-order valence-electron chi connectivity index (χ1n) is 5.17. The van der Waals surface area contributed by atoms with Gasteiger partial charge in [-0.25, -0.2) is 0 Å². The lowest BCUT2D eigenvalue weighted by molar-refractivity contribution is -0.385. The molecular weight excluding hydrogens is 208 g/mol. The molecule has 2 rings (SSSR count). The van der Waals surface area contributed by atoms with Crippen molar-refractivity contribution in [2.24, 2.45) is 0 Å². The van der Waals surface area contributed by atoms with Crippen molar-refractivity contribution in [3.8, 4) is 0 Å². The molecule has 1 aromatic heterocycles. The molecule has 1 aliphatic heterocycles. The quantitative estimate of drug-likeness (QED) is 0.595. The van der Waals surface area contributed by atoms with Gasteiger partial charge in [0.05, 0.1) is 4.92 Å². The first-order valence-corrected chi connectivity index (χ1v) is 5.17. The Morgan fingerprint density at radius 1 is 1.69 bits per heavy atom. The highest BCUT2D eigenvalue weighted by Crippen LogP contribution is 2.34. The Morgan fingerprint density at radius 2 is 2.44 bits per heavy atom.